The van der Waals surface area contributed by atoms with Crippen LogP contribution in [0.25, 0.3) is 0 Å². The number of rotatable bonds is 5. The van der Waals surface area contributed by atoms with E-state index in [2.05, 4.69) is 4.90 Å². The van der Waals surface area contributed by atoms with E-state index in [1.54, 1.807) is 14.2 Å². The van der Waals surface area contributed by atoms with E-state index in [9.17, 15) is 4.79 Å². The van der Waals surface area contributed by atoms with Gasteiger partial charge in [-0.05, 0) is 39.1 Å². The van der Waals surface area contributed by atoms with Crippen LogP contribution in [0.1, 0.15) is 42.5 Å². The van der Waals surface area contributed by atoms with Gasteiger partial charge in [-0.1, -0.05) is 25.3 Å². The summed E-state index contributed by atoms with van der Waals surface area (Å²) in [7, 11) is 7.17. The van der Waals surface area contributed by atoms with Crippen LogP contribution in [0.4, 0.5) is 0 Å². The summed E-state index contributed by atoms with van der Waals surface area (Å²) >= 11 is 0. The first-order valence-corrected chi connectivity index (χ1v) is 7.50. The molecule has 0 heterocycles. The molecule has 0 spiro atoms. The van der Waals surface area contributed by atoms with E-state index >= 15 is 0 Å². The minimum atomic E-state index is -0.444. The Balaban J connectivity index is 2.51. The molecule has 0 aromatic heterocycles. The van der Waals surface area contributed by atoms with Gasteiger partial charge in [0.1, 0.15) is 17.1 Å². The van der Waals surface area contributed by atoms with Crippen molar-refractivity contribution in [3.63, 3.8) is 0 Å². The van der Waals surface area contributed by atoms with Crippen molar-refractivity contribution in [3.8, 4) is 11.5 Å². The molecule has 0 aliphatic heterocycles. The zero-order valence-electron chi connectivity index (χ0n) is 13.4. The van der Waals surface area contributed by atoms with Crippen LogP contribution in [-0.4, -0.2) is 44.5 Å². The first kappa shape index (κ1) is 15.8. The molecule has 1 aromatic carbocycles. The van der Waals surface area contributed by atoms with Crippen molar-refractivity contribution in [2.75, 3.05) is 28.3 Å². The minimum absolute atomic E-state index is 0.113. The number of likely N-dealkylation sites (N-methyl/N-ethyl adjacent to an activating group) is 1. The number of ketones is 1. The van der Waals surface area contributed by atoms with Crippen molar-refractivity contribution in [3.05, 3.63) is 23.8 Å². The Morgan fingerprint density at radius 2 is 1.57 bits per heavy atom. The molecule has 1 fully saturated rings. The van der Waals surface area contributed by atoms with Gasteiger partial charge in [0.2, 0.25) is 0 Å². The summed E-state index contributed by atoms with van der Waals surface area (Å²) in [6.07, 6.45) is 5.15. The van der Waals surface area contributed by atoms with Crippen molar-refractivity contribution in [2.24, 2.45) is 0 Å². The molecule has 0 atom stereocenters. The highest BCUT2D eigenvalue weighted by atomic mass is 16.5. The van der Waals surface area contributed by atoms with Gasteiger partial charge in [0, 0.05) is 0 Å². The van der Waals surface area contributed by atoms with E-state index in [1.807, 2.05) is 32.3 Å². The van der Waals surface area contributed by atoms with Crippen LogP contribution in [0.3, 0.4) is 0 Å². The summed E-state index contributed by atoms with van der Waals surface area (Å²) < 4.78 is 10.8. The number of nitrogens with zero attached hydrogens (tertiary/aromatic N) is 1. The second-order valence-electron chi connectivity index (χ2n) is 5.85. The number of ether oxygens (including phenoxy) is 2. The van der Waals surface area contributed by atoms with Gasteiger partial charge in [-0.25, -0.2) is 0 Å². The molecule has 1 aliphatic rings. The Hall–Kier alpha value is -1.55. The number of hydrogen-bond donors (Lipinski definition) is 0. The normalized spacial score (nSPS) is 17.6. The van der Waals surface area contributed by atoms with Gasteiger partial charge in [0.15, 0.2) is 5.78 Å². The maximum Gasteiger partial charge on any atom is 0.190 e. The summed E-state index contributed by atoms with van der Waals surface area (Å²) in [4.78, 5) is 15.4. The van der Waals surface area contributed by atoms with Crippen molar-refractivity contribution in [2.45, 2.75) is 37.6 Å². The largest absolute Gasteiger partial charge is 0.496 e. The zero-order chi connectivity index (χ0) is 15.5. The number of benzene rings is 1. The molecular formula is C17H25NO3. The molecule has 0 amide bonds. The van der Waals surface area contributed by atoms with Crippen LogP contribution < -0.4 is 9.47 Å². The molecule has 4 nitrogen and oxygen atoms in total. The van der Waals surface area contributed by atoms with Gasteiger partial charge in [-0.3, -0.25) is 9.69 Å². The summed E-state index contributed by atoms with van der Waals surface area (Å²) in [5, 5.41) is 0. The van der Waals surface area contributed by atoms with Gasteiger partial charge in [-0.15, -0.1) is 0 Å². The minimum Gasteiger partial charge on any atom is -0.496 e. The molecule has 0 saturated heterocycles. The SMILES string of the molecule is COc1cccc(OC)c1C(=O)C1(N(C)C)CCCCC1. The fourth-order valence-electron chi connectivity index (χ4n) is 3.32. The monoisotopic (exact) mass is 291 g/mol. The first-order valence-electron chi connectivity index (χ1n) is 7.50. The average molecular weight is 291 g/mol. The molecule has 0 bridgehead atoms. The molecule has 1 aromatic rings. The van der Waals surface area contributed by atoms with Crippen LogP contribution in [0.15, 0.2) is 18.2 Å². The molecular weight excluding hydrogens is 266 g/mol. The predicted octanol–water partition coefficient (Wildman–Crippen LogP) is 3.15. The van der Waals surface area contributed by atoms with Gasteiger partial charge in [0.25, 0.3) is 0 Å². The molecule has 21 heavy (non-hydrogen) atoms. The Kier molecular flexibility index (Phi) is 4.88. The summed E-state index contributed by atoms with van der Waals surface area (Å²) in [6, 6.07) is 5.49. The van der Waals surface area contributed by atoms with Crippen LogP contribution in [0, 0.1) is 0 Å². The van der Waals surface area contributed by atoms with E-state index in [0.717, 1.165) is 25.7 Å². The third-order valence-corrected chi connectivity index (χ3v) is 4.61. The predicted molar refractivity (Wildman–Crippen MR) is 83.4 cm³/mol. The average Bonchev–Trinajstić information content (AvgIpc) is 2.53. The van der Waals surface area contributed by atoms with Crippen molar-refractivity contribution in [1.29, 1.82) is 0 Å². The molecule has 2 rings (SSSR count). The van der Waals surface area contributed by atoms with Gasteiger partial charge in [-0.2, -0.15) is 0 Å². The molecule has 116 valence electrons. The van der Waals surface area contributed by atoms with E-state index in [0.29, 0.717) is 17.1 Å². The van der Waals surface area contributed by atoms with Crippen LogP contribution in [-0.2, 0) is 0 Å². The number of carbonyl (C=O) groups excluding carboxylic acids is 1. The topological polar surface area (TPSA) is 38.8 Å². The molecule has 0 radical (unpaired) electrons. The lowest BCUT2D eigenvalue weighted by Crippen LogP contribution is -2.52. The lowest BCUT2D eigenvalue weighted by molar-refractivity contribution is 0.0557. The third kappa shape index (κ3) is 2.77. The lowest BCUT2D eigenvalue weighted by atomic mass is 9.75. The molecule has 0 unspecified atom stereocenters. The first-order chi connectivity index (χ1) is 10.1. The summed E-state index contributed by atoms with van der Waals surface area (Å²) in [5.41, 5.74) is 0.123. The van der Waals surface area contributed by atoms with E-state index in [-0.39, 0.29) is 5.78 Å². The molecule has 1 saturated carbocycles. The van der Waals surface area contributed by atoms with Crippen LogP contribution in [0.2, 0.25) is 0 Å². The van der Waals surface area contributed by atoms with Crippen LogP contribution in [0.5, 0.6) is 11.5 Å². The number of carbonyl (C=O) groups is 1. The van der Waals surface area contributed by atoms with Gasteiger partial charge in [0.05, 0.1) is 19.8 Å². The number of hydrogen-bond acceptors (Lipinski definition) is 4. The van der Waals surface area contributed by atoms with Crippen LogP contribution >= 0.6 is 0 Å². The highest BCUT2D eigenvalue weighted by molar-refractivity contribution is 6.07. The number of methoxy groups -OCH3 is 2. The molecule has 0 N–H and O–H groups in total. The summed E-state index contributed by atoms with van der Waals surface area (Å²) in [6.45, 7) is 0. The maximum absolute atomic E-state index is 13.3. The Bertz CT molecular complexity index is 483. The number of Topliss-reactive ketones (excluding diaryl/α,β-unsaturated/α-hetero) is 1. The summed E-state index contributed by atoms with van der Waals surface area (Å²) in [5.74, 6) is 1.29. The Morgan fingerprint density at radius 1 is 1.05 bits per heavy atom. The fraction of sp³-hybridized carbons (Fsp3) is 0.588. The van der Waals surface area contributed by atoms with Crippen molar-refractivity contribution >= 4 is 5.78 Å². The fourth-order valence-corrected chi connectivity index (χ4v) is 3.32. The Labute approximate surface area is 127 Å². The van der Waals surface area contributed by atoms with Crippen molar-refractivity contribution < 1.29 is 14.3 Å². The highest BCUT2D eigenvalue weighted by Crippen LogP contribution is 2.40. The van der Waals surface area contributed by atoms with E-state index in [1.165, 1.54) is 6.42 Å². The second kappa shape index (κ2) is 6.48. The maximum atomic E-state index is 13.3. The third-order valence-electron chi connectivity index (χ3n) is 4.61. The van der Waals surface area contributed by atoms with E-state index in [4.69, 9.17) is 9.47 Å². The van der Waals surface area contributed by atoms with Gasteiger partial charge >= 0.3 is 0 Å². The zero-order valence-corrected chi connectivity index (χ0v) is 13.4. The van der Waals surface area contributed by atoms with Gasteiger partial charge < -0.3 is 9.47 Å². The standard InChI is InChI=1S/C17H25NO3/c1-18(2)17(11-6-5-7-12-17)16(19)15-13(20-3)9-8-10-14(15)21-4/h8-10H,5-7,11-12H2,1-4H3. The Morgan fingerprint density at radius 3 is 2.00 bits per heavy atom. The smallest absolute Gasteiger partial charge is 0.190 e. The molecule has 4 heteroatoms. The lowest BCUT2D eigenvalue weighted by Gasteiger charge is -2.41. The molecule has 1 aliphatic carbocycles. The highest BCUT2D eigenvalue weighted by Gasteiger charge is 2.43. The second-order valence-corrected chi connectivity index (χ2v) is 5.85. The quantitative estimate of drug-likeness (QED) is 0.781. The van der Waals surface area contributed by atoms with E-state index < -0.39 is 5.54 Å². The van der Waals surface area contributed by atoms with Crippen molar-refractivity contribution in [1.82, 2.24) is 4.90 Å².